The number of fused-ring (bicyclic) bond motifs is 3. The minimum atomic E-state index is 0.0788. The van der Waals surface area contributed by atoms with Crippen LogP contribution in [0.1, 0.15) is 19.7 Å². The van der Waals surface area contributed by atoms with Gasteiger partial charge in [0.1, 0.15) is 0 Å². The lowest BCUT2D eigenvalue weighted by molar-refractivity contribution is 0.232. The normalized spacial score (nSPS) is 11.6. The van der Waals surface area contributed by atoms with Crippen molar-refractivity contribution in [1.82, 2.24) is 19.8 Å². The average Bonchev–Trinajstić information content (AvgIpc) is 2.71. The summed E-state index contributed by atoms with van der Waals surface area (Å²) in [6.45, 7) is 5.85. The Kier molecular flexibility index (Phi) is 2.40. The predicted octanol–water partition coefficient (Wildman–Crippen LogP) is 2.37. The van der Waals surface area contributed by atoms with Crippen molar-refractivity contribution in [1.29, 1.82) is 0 Å². The van der Waals surface area contributed by atoms with Gasteiger partial charge >= 0.3 is 0 Å². The molecule has 2 heterocycles. The maximum atomic E-state index is 5.77. The Bertz CT molecular complexity index is 717. The topological polar surface area (TPSA) is 52.3 Å². The molecule has 0 unspecified atom stereocenters. The minimum Gasteiger partial charge on any atom is -0.473 e. The fourth-order valence-corrected chi connectivity index (χ4v) is 1.96. The van der Waals surface area contributed by atoms with Crippen LogP contribution in [-0.2, 0) is 0 Å². The molecule has 0 amide bonds. The van der Waals surface area contributed by atoms with Crippen molar-refractivity contribution in [2.45, 2.75) is 26.9 Å². The van der Waals surface area contributed by atoms with Gasteiger partial charge in [-0.2, -0.15) is 4.52 Å². The molecule has 0 saturated heterocycles. The zero-order valence-electron chi connectivity index (χ0n) is 10.6. The number of rotatable bonds is 2. The average molecular weight is 242 g/mol. The van der Waals surface area contributed by atoms with Crippen molar-refractivity contribution in [3.05, 3.63) is 30.1 Å². The van der Waals surface area contributed by atoms with Gasteiger partial charge in [0.05, 0.1) is 6.10 Å². The second-order valence-electron chi connectivity index (χ2n) is 4.50. The Morgan fingerprint density at radius 1 is 1.11 bits per heavy atom. The van der Waals surface area contributed by atoms with Gasteiger partial charge < -0.3 is 4.74 Å². The first kappa shape index (κ1) is 11.0. The highest BCUT2D eigenvalue weighted by molar-refractivity contribution is 5.96. The fraction of sp³-hybridized carbons (Fsp3) is 0.308. The molecular weight excluding hydrogens is 228 g/mol. The molecule has 0 fully saturated rings. The molecule has 1 aromatic carbocycles. The summed E-state index contributed by atoms with van der Waals surface area (Å²) < 4.78 is 7.49. The quantitative estimate of drug-likeness (QED) is 0.692. The number of nitrogens with zero attached hydrogens (tertiary/aromatic N) is 4. The molecule has 0 aliphatic rings. The van der Waals surface area contributed by atoms with Gasteiger partial charge in [0.25, 0.3) is 0 Å². The van der Waals surface area contributed by atoms with Crippen LogP contribution in [0, 0.1) is 6.92 Å². The summed E-state index contributed by atoms with van der Waals surface area (Å²) in [5.74, 6) is 1.38. The third kappa shape index (κ3) is 1.59. The summed E-state index contributed by atoms with van der Waals surface area (Å²) >= 11 is 0. The van der Waals surface area contributed by atoms with Gasteiger partial charge in [-0.1, -0.05) is 18.2 Å². The summed E-state index contributed by atoms with van der Waals surface area (Å²) in [4.78, 5) is 0. The number of aryl methyl sites for hydroxylation is 1. The Balaban J connectivity index is 2.40. The smallest absolute Gasteiger partial charge is 0.240 e. The van der Waals surface area contributed by atoms with Crippen LogP contribution < -0.4 is 4.74 Å². The molecule has 5 heteroatoms. The van der Waals surface area contributed by atoms with E-state index in [4.69, 9.17) is 4.74 Å². The van der Waals surface area contributed by atoms with E-state index >= 15 is 0 Å². The molecule has 3 rings (SSSR count). The van der Waals surface area contributed by atoms with Crippen LogP contribution in [-0.4, -0.2) is 25.9 Å². The van der Waals surface area contributed by atoms with Crippen LogP contribution in [0.2, 0.25) is 0 Å². The van der Waals surface area contributed by atoms with Crippen LogP contribution in [0.4, 0.5) is 0 Å². The summed E-state index contributed by atoms with van der Waals surface area (Å²) in [5, 5.41) is 14.7. The lowest BCUT2D eigenvalue weighted by Crippen LogP contribution is -2.09. The van der Waals surface area contributed by atoms with E-state index in [2.05, 4.69) is 15.3 Å². The van der Waals surface area contributed by atoms with Crippen LogP contribution in [0.25, 0.3) is 16.4 Å². The molecule has 0 bridgehead atoms. The summed E-state index contributed by atoms with van der Waals surface area (Å²) in [7, 11) is 0. The molecule has 0 saturated carbocycles. The molecule has 0 radical (unpaired) electrons. The maximum Gasteiger partial charge on any atom is 0.240 e. The van der Waals surface area contributed by atoms with Gasteiger partial charge in [-0.15, -0.1) is 15.3 Å². The van der Waals surface area contributed by atoms with Crippen molar-refractivity contribution in [2.24, 2.45) is 0 Å². The summed E-state index contributed by atoms with van der Waals surface area (Å²) in [5.41, 5.74) is 0.763. The number of hydrogen-bond donors (Lipinski definition) is 0. The highest BCUT2D eigenvalue weighted by Crippen LogP contribution is 2.26. The largest absolute Gasteiger partial charge is 0.473 e. The van der Waals surface area contributed by atoms with E-state index in [1.165, 1.54) is 0 Å². The highest BCUT2D eigenvalue weighted by atomic mass is 16.5. The molecule has 0 spiro atoms. The third-order valence-electron chi connectivity index (χ3n) is 2.73. The van der Waals surface area contributed by atoms with E-state index in [-0.39, 0.29) is 6.10 Å². The summed E-state index contributed by atoms with van der Waals surface area (Å²) in [6, 6.07) is 7.94. The Morgan fingerprint density at radius 3 is 2.56 bits per heavy atom. The first-order valence-corrected chi connectivity index (χ1v) is 5.94. The van der Waals surface area contributed by atoms with Crippen molar-refractivity contribution in [2.75, 3.05) is 0 Å². The monoisotopic (exact) mass is 242 g/mol. The highest BCUT2D eigenvalue weighted by Gasteiger charge is 2.13. The lowest BCUT2D eigenvalue weighted by atomic mass is 10.2. The van der Waals surface area contributed by atoms with Crippen molar-refractivity contribution >= 4 is 16.4 Å². The predicted molar refractivity (Wildman–Crippen MR) is 68.8 cm³/mol. The van der Waals surface area contributed by atoms with Crippen molar-refractivity contribution in [3.63, 3.8) is 0 Å². The molecule has 92 valence electrons. The number of benzene rings is 1. The zero-order valence-corrected chi connectivity index (χ0v) is 10.6. The standard InChI is InChI=1S/C13H14N4O/c1-8(2)18-13-11-7-5-4-6-10(11)12-15-14-9(3)17(12)16-13/h4-8H,1-3H3. The zero-order chi connectivity index (χ0) is 12.7. The molecular formula is C13H14N4O. The van der Waals surface area contributed by atoms with E-state index in [9.17, 15) is 0 Å². The van der Waals surface area contributed by atoms with Gasteiger partial charge in [-0.3, -0.25) is 0 Å². The molecule has 18 heavy (non-hydrogen) atoms. The van der Waals surface area contributed by atoms with Crippen LogP contribution >= 0.6 is 0 Å². The second-order valence-corrected chi connectivity index (χ2v) is 4.50. The van der Waals surface area contributed by atoms with Gasteiger partial charge in [0, 0.05) is 10.8 Å². The Labute approximate surface area is 104 Å². The second kappa shape index (κ2) is 3.94. The minimum absolute atomic E-state index is 0.0788. The fourth-order valence-electron chi connectivity index (χ4n) is 1.96. The van der Waals surface area contributed by atoms with Gasteiger partial charge in [-0.25, -0.2) is 0 Å². The molecule has 2 aromatic heterocycles. The third-order valence-corrected chi connectivity index (χ3v) is 2.73. The summed E-state index contributed by atoms with van der Waals surface area (Å²) in [6.07, 6.45) is 0.0788. The molecule has 0 atom stereocenters. The molecule has 0 aliphatic heterocycles. The molecule has 0 N–H and O–H groups in total. The molecule has 0 aliphatic carbocycles. The molecule has 3 aromatic rings. The van der Waals surface area contributed by atoms with E-state index < -0.39 is 0 Å². The van der Waals surface area contributed by atoms with Crippen molar-refractivity contribution < 1.29 is 4.74 Å². The van der Waals surface area contributed by atoms with E-state index in [1.54, 1.807) is 4.52 Å². The van der Waals surface area contributed by atoms with Gasteiger partial charge in [0.2, 0.25) is 5.88 Å². The van der Waals surface area contributed by atoms with Gasteiger partial charge in [-0.05, 0) is 26.8 Å². The number of ether oxygens (including phenoxy) is 1. The van der Waals surface area contributed by atoms with Crippen molar-refractivity contribution in [3.8, 4) is 5.88 Å². The van der Waals surface area contributed by atoms with E-state index in [1.807, 2.05) is 45.0 Å². The number of aromatic nitrogens is 4. The van der Waals surface area contributed by atoms with E-state index in [0.29, 0.717) is 5.88 Å². The first-order chi connectivity index (χ1) is 8.66. The van der Waals surface area contributed by atoms with E-state index in [0.717, 1.165) is 22.2 Å². The van der Waals surface area contributed by atoms with Crippen LogP contribution in [0.3, 0.4) is 0 Å². The lowest BCUT2D eigenvalue weighted by Gasteiger charge is -2.11. The number of hydrogen-bond acceptors (Lipinski definition) is 4. The SMILES string of the molecule is Cc1nnc2c3ccccc3c(OC(C)C)nn12. The molecule has 5 nitrogen and oxygen atoms in total. The Morgan fingerprint density at radius 2 is 1.83 bits per heavy atom. The van der Waals surface area contributed by atoms with Crippen LogP contribution in [0.15, 0.2) is 24.3 Å². The van der Waals surface area contributed by atoms with Crippen LogP contribution in [0.5, 0.6) is 5.88 Å². The Hall–Kier alpha value is -2.17. The van der Waals surface area contributed by atoms with Gasteiger partial charge in [0.15, 0.2) is 11.5 Å². The first-order valence-electron chi connectivity index (χ1n) is 5.94. The maximum absolute atomic E-state index is 5.77.